The number of hydrogen-bond donors (Lipinski definition) is 3. The van der Waals surface area contributed by atoms with Crippen LogP contribution in [0.25, 0.3) is 10.9 Å². The minimum absolute atomic E-state index is 0.0362. The number of carbonyl (C=O) groups excluding carboxylic acids is 1. The predicted octanol–water partition coefficient (Wildman–Crippen LogP) is 2.01. The molecule has 2 unspecified atom stereocenters. The van der Waals surface area contributed by atoms with Gasteiger partial charge in [0.1, 0.15) is 0 Å². The van der Waals surface area contributed by atoms with E-state index in [2.05, 4.69) is 16.4 Å². The number of nitrogens with zero attached hydrogens (tertiary/aromatic N) is 1. The fourth-order valence-corrected chi connectivity index (χ4v) is 3.53. The molecule has 1 aliphatic rings. The van der Waals surface area contributed by atoms with E-state index in [4.69, 9.17) is 0 Å². The van der Waals surface area contributed by atoms with Crippen LogP contribution in [0.2, 0.25) is 0 Å². The van der Waals surface area contributed by atoms with Crippen molar-refractivity contribution in [3.05, 3.63) is 36.0 Å². The fourth-order valence-electron chi connectivity index (χ4n) is 3.53. The molecule has 1 fully saturated rings. The number of carboxylic acid groups (broad SMARTS) is 1. The lowest BCUT2D eigenvalue weighted by atomic mass is 9.97. The zero-order valence-corrected chi connectivity index (χ0v) is 14.5. The van der Waals surface area contributed by atoms with Crippen LogP contribution in [0.5, 0.6) is 0 Å². The average molecular weight is 343 g/mol. The van der Waals surface area contributed by atoms with Gasteiger partial charge in [-0.2, -0.15) is 0 Å². The largest absolute Gasteiger partial charge is 0.481 e. The van der Waals surface area contributed by atoms with E-state index >= 15 is 0 Å². The zero-order chi connectivity index (χ0) is 17.8. The summed E-state index contributed by atoms with van der Waals surface area (Å²) in [6.45, 7) is 3.65. The van der Waals surface area contributed by atoms with Gasteiger partial charge in [-0.15, -0.1) is 0 Å². The molecule has 0 bridgehead atoms. The summed E-state index contributed by atoms with van der Waals surface area (Å²) in [5.74, 6) is -1.17. The normalized spacial score (nSPS) is 19.6. The second-order valence-electron chi connectivity index (χ2n) is 6.75. The van der Waals surface area contributed by atoms with Gasteiger partial charge in [-0.25, -0.2) is 0 Å². The molecule has 6 heteroatoms. The van der Waals surface area contributed by atoms with Gasteiger partial charge in [-0.3, -0.25) is 14.5 Å². The molecule has 2 aromatic rings. The molecule has 1 aliphatic heterocycles. The number of aliphatic carboxylic acids is 1. The first-order chi connectivity index (χ1) is 12.1. The number of amides is 1. The lowest BCUT2D eigenvalue weighted by molar-refractivity contribution is -0.145. The number of rotatable bonds is 6. The molecule has 134 valence electrons. The van der Waals surface area contributed by atoms with Crippen LogP contribution in [-0.4, -0.2) is 52.5 Å². The Bertz CT molecular complexity index is 755. The summed E-state index contributed by atoms with van der Waals surface area (Å²) < 4.78 is 0. The van der Waals surface area contributed by atoms with E-state index in [-0.39, 0.29) is 17.9 Å². The van der Waals surface area contributed by atoms with Crippen molar-refractivity contribution in [3.63, 3.8) is 0 Å². The maximum Gasteiger partial charge on any atom is 0.307 e. The molecule has 2 atom stereocenters. The van der Waals surface area contributed by atoms with Crippen molar-refractivity contribution in [2.75, 3.05) is 19.6 Å². The smallest absolute Gasteiger partial charge is 0.307 e. The quantitative estimate of drug-likeness (QED) is 0.749. The van der Waals surface area contributed by atoms with Crippen molar-refractivity contribution in [1.82, 2.24) is 15.2 Å². The number of para-hydroxylation sites is 1. The van der Waals surface area contributed by atoms with Crippen molar-refractivity contribution >= 4 is 22.8 Å². The molecule has 0 spiro atoms. The molecular formula is C19H25N3O3. The molecule has 3 rings (SSSR count). The number of likely N-dealkylation sites (tertiary alicyclic amines) is 1. The van der Waals surface area contributed by atoms with Crippen molar-refractivity contribution in [2.45, 2.75) is 32.2 Å². The third kappa shape index (κ3) is 4.02. The summed E-state index contributed by atoms with van der Waals surface area (Å²) >= 11 is 0. The first-order valence-electron chi connectivity index (χ1n) is 8.86. The summed E-state index contributed by atoms with van der Waals surface area (Å²) in [7, 11) is 0. The fraction of sp³-hybridized carbons (Fsp3) is 0.474. The molecule has 1 aromatic heterocycles. The molecule has 1 saturated heterocycles. The van der Waals surface area contributed by atoms with Crippen LogP contribution in [0, 0.1) is 5.92 Å². The molecule has 0 radical (unpaired) electrons. The van der Waals surface area contributed by atoms with Crippen LogP contribution in [0.4, 0.5) is 0 Å². The maximum absolute atomic E-state index is 12.4. The Morgan fingerprint density at radius 2 is 2.20 bits per heavy atom. The highest BCUT2D eigenvalue weighted by molar-refractivity contribution is 5.83. The molecule has 0 saturated carbocycles. The number of piperidine rings is 1. The number of carbonyl (C=O) groups is 2. The Labute approximate surface area is 147 Å². The molecule has 3 N–H and O–H groups in total. The average Bonchev–Trinajstić information content (AvgIpc) is 3.04. The lowest BCUT2D eigenvalue weighted by Gasteiger charge is -2.34. The van der Waals surface area contributed by atoms with Gasteiger partial charge in [0.25, 0.3) is 0 Å². The van der Waals surface area contributed by atoms with E-state index in [0.29, 0.717) is 19.5 Å². The first kappa shape index (κ1) is 17.5. The standard InChI is InChI=1S/C19H25N3O3/c1-13(22-10-4-5-15(12-22)19(24)25)18(23)20-9-8-14-11-21-17-7-3-2-6-16(14)17/h2-3,6-7,11,13,15,21H,4-5,8-10,12H2,1H3,(H,20,23)(H,24,25). The molecule has 2 heterocycles. The SMILES string of the molecule is CC(C(=O)NCCc1c[nH]c2ccccc12)N1CCCC(C(=O)O)C1. The number of carboxylic acids is 1. The number of benzene rings is 1. The van der Waals surface area contributed by atoms with Crippen LogP contribution in [0.1, 0.15) is 25.3 Å². The van der Waals surface area contributed by atoms with E-state index in [1.165, 1.54) is 10.9 Å². The van der Waals surface area contributed by atoms with Gasteiger partial charge in [0.2, 0.25) is 5.91 Å². The van der Waals surface area contributed by atoms with Gasteiger partial charge in [-0.1, -0.05) is 18.2 Å². The van der Waals surface area contributed by atoms with Gasteiger partial charge >= 0.3 is 5.97 Å². The second-order valence-corrected chi connectivity index (χ2v) is 6.75. The Morgan fingerprint density at radius 1 is 1.40 bits per heavy atom. The van der Waals surface area contributed by atoms with Gasteiger partial charge in [0, 0.05) is 30.2 Å². The molecule has 1 amide bonds. The number of aromatic amines is 1. The predicted molar refractivity (Wildman–Crippen MR) is 96.4 cm³/mol. The van der Waals surface area contributed by atoms with E-state index < -0.39 is 5.97 Å². The number of hydrogen-bond acceptors (Lipinski definition) is 3. The van der Waals surface area contributed by atoms with Gasteiger partial charge in [0.15, 0.2) is 0 Å². The van der Waals surface area contributed by atoms with Crippen LogP contribution < -0.4 is 5.32 Å². The minimum Gasteiger partial charge on any atom is -0.481 e. The van der Waals surface area contributed by atoms with Crippen LogP contribution >= 0.6 is 0 Å². The van der Waals surface area contributed by atoms with Crippen LogP contribution in [-0.2, 0) is 16.0 Å². The molecule has 1 aromatic carbocycles. The van der Waals surface area contributed by atoms with E-state index in [0.717, 1.165) is 24.9 Å². The zero-order valence-electron chi connectivity index (χ0n) is 14.5. The van der Waals surface area contributed by atoms with Gasteiger partial charge in [0.05, 0.1) is 12.0 Å². The number of H-pyrrole nitrogens is 1. The summed E-state index contributed by atoms with van der Waals surface area (Å²) in [6.07, 6.45) is 4.27. The third-order valence-electron chi connectivity index (χ3n) is 5.10. The highest BCUT2D eigenvalue weighted by Crippen LogP contribution is 2.19. The van der Waals surface area contributed by atoms with E-state index in [9.17, 15) is 14.7 Å². The number of aromatic nitrogens is 1. The lowest BCUT2D eigenvalue weighted by Crippen LogP contribution is -2.50. The number of fused-ring (bicyclic) bond motifs is 1. The van der Waals surface area contributed by atoms with Crippen LogP contribution in [0.3, 0.4) is 0 Å². The summed E-state index contributed by atoms with van der Waals surface area (Å²) in [4.78, 5) is 28.8. The Balaban J connectivity index is 1.51. The van der Waals surface area contributed by atoms with Gasteiger partial charge < -0.3 is 15.4 Å². The summed E-state index contributed by atoms with van der Waals surface area (Å²) in [5.41, 5.74) is 2.29. The third-order valence-corrected chi connectivity index (χ3v) is 5.10. The minimum atomic E-state index is -0.767. The summed E-state index contributed by atoms with van der Waals surface area (Å²) in [6, 6.07) is 7.81. The van der Waals surface area contributed by atoms with E-state index in [1.54, 1.807) is 0 Å². The first-order valence-corrected chi connectivity index (χ1v) is 8.86. The molecule has 25 heavy (non-hydrogen) atoms. The van der Waals surface area contributed by atoms with E-state index in [1.807, 2.05) is 36.2 Å². The monoisotopic (exact) mass is 343 g/mol. The Morgan fingerprint density at radius 3 is 3.00 bits per heavy atom. The summed E-state index contributed by atoms with van der Waals surface area (Å²) in [5, 5.41) is 13.4. The Kier molecular flexibility index (Phi) is 5.38. The topological polar surface area (TPSA) is 85.4 Å². The number of nitrogens with one attached hydrogen (secondary N) is 2. The van der Waals surface area contributed by atoms with Gasteiger partial charge in [-0.05, 0) is 44.4 Å². The maximum atomic E-state index is 12.4. The highest BCUT2D eigenvalue weighted by Gasteiger charge is 2.30. The van der Waals surface area contributed by atoms with Crippen molar-refractivity contribution in [1.29, 1.82) is 0 Å². The van der Waals surface area contributed by atoms with Crippen LogP contribution in [0.15, 0.2) is 30.5 Å². The van der Waals surface area contributed by atoms with Crippen molar-refractivity contribution in [3.8, 4) is 0 Å². The highest BCUT2D eigenvalue weighted by atomic mass is 16.4. The van der Waals surface area contributed by atoms with Crippen molar-refractivity contribution in [2.24, 2.45) is 5.92 Å². The molecule has 0 aliphatic carbocycles. The Hall–Kier alpha value is -2.34. The molecule has 6 nitrogen and oxygen atoms in total. The molecular weight excluding hydrogens is 318 g/mol. The second kappa shape index (κ2) is 7.70. The van der Waals surface area contributed by atoms with Crippen molar-refractivity contribution < 1.29 is 14.7 Å².